The zero-order valence-corrected chi connectivity index (χ0v) is 10.5. The van der Waals surface area contributed by atoms with Crippen LogP contribution in [0, 0.1) is 0 Å². The van der Waals surface area contributed by atoms with Gasteiger partial charge in [0.05, 0.1) is 13.2 Å². The molecule has 1 atom stereocenters. The van der Waals surface area contributed by atoms with Crippen LogP contribution in [0.25, 0.3) is 0 Å². The second-order valence-electron chi connectivity index (χ2n) is 4.37. The number of amides is 1. The summed E-state index contributed by atoms with van der Waals surface area (Å²) in [5, 5.41) is 3.09. The average Bonchev–Trinajstić information content (AvgIpc) is 2.24. The molecular weight excluding hydrogens is 206 g/mol. The highest BCUT2D eigenvalue weighted by atomic mass is 16.5. The number of ether oxygens (including phenoxy) is 1. The van der Waals surface area contributed by atoms with Crippen LogP contribution < -0.4 is 5.32 Å². The molecule has 1 heterocycles. The lowest BCUT2D eigenvalue weighted by atomic mass is 10.2. The third kappa shape index (κ3) is 4.08. The van der Waals surface area contributed by atoms with E-state index < -0.39 is 0 Å². The van der Waals surface area contributed by atoms with E-state index >= 15 is 0 Å². The molecule has 0 bridgehead atoms. The van der Waals surface area contributed by atoms with Crippen LogP contribution in [0.2, 0.25) is 0 Å². The van der Waals surface area contributed by atoms with Crippen LogP contribution in [0.4, 0.5) is 0 Å². The molecule has 5 heteroatoms. The molecule has 0 aromatic heterocycles. The number of likely N-dealkylation sites (N-methyl/N-ethyl adjacent to an activating group) is 1. The normalized spacial score (nSPS) is 22.4. The van der Waals surface area contributed by atoms with Crippen molar-refractivity contribution in [1.29, 1.82) is 0 Å². The highest BCUT2D eigenvalue weighted by Crippen LogP contribution is 2.07. The minimum absolute atomic E-state index is 0.191. The SMILES string of the molecule is COCCNCC(=O)N1CCN(C)CC1C. The molecule has 0 spiro atoms. The van der Waals surface area contributed by atoms with Crippen molar-refractivity contribution in [2.45, 2.75) is 13.0 Å². The van der Waals surface area contributed by atoms with Crippen molar-refractivity contribution in [3.63, 3.8) is 0 Å². The van der Waals surface area contributed by atoms with Crippen molar-refractivity contribution >= 4 is 5.91 Å². The van der Waals surface area contributed by atoms with Gasteiger partial charge < -0.3 is 19.9 Å². The summed E-state index contributed by atoms with van der Waals surface area (Å²) in [5.74, 6) is 0.191. The monoisotopic (exact) mass is 229 g/mol. The molecule has 0 radical (unpaired) electrons. The summed E-state index contributed by atoms with van der Waals surface area (Å²) in [6.45, 7) is 6.65. The molecule has 94 valence electrons. The fourth-order valence-corrected chi connectivity index (χ4v) is 1.98. The van der Waals surface area contributed by atoms with Crippen LogP contribution in [0.15, 0.2) is 0 Å². The first kappa shape index (κ1) is 13.4. The van der Waals surface area contributed by atoms with Crippen LogP contribution >= 0.6 is 0 Å². The molecule has 1 aliphatic rings. The molecule has 16 heavy (non-hydrogen) atoms. The summed E-state index contributed by atoms with van der Waals surface area (Å²) in [5.41, 5.74) is 0. The van der Waals surface area contributed by atoms with Crippen molar-refractivity contribution in [2.75, 3.05) is 53.5 Å². The van der Waals surface area contributed by atoms with Gasteiger partial charge in [-0.05, 0) is 14.0 Å². The number of nitrogens with zero attached hydrogens (tertiary/aromatic N) is 2. The standard InChI is InChI=1S/C11H23N3O2/c1-10-9-13(2)5-6-14(10)11(15)8-12-4-7-16-3/h10,12H,4-9H2,1-3H3. The van der Waals surface area contributed by atoms with Gasteiger partial charge >= 0.3 is 0 Å². The van der Waals surface area contributed by atoms with Crippen LogP contribution in [0.5, 0.6) is 0 Å². The van der Waals surface area contributed by atoms with E-state index in [1.807, 2.05) is 4.90 Å². The van der Waals surface area contributed by atoms with E-state index in [-0.39, 0.29) is 5.91 Å². The number of nitrogens with one attached hydrogen (secondary N) is 1. The molecule has 5 nitrogen and oxygen atoms in total. The van der Waals surface area contributed by atoms with Crippen molar-refractivity contribution in [1.82, 2.24) is 15.1 Å². The van der Waals surface area contributed by atoms with E-state index in [2.05, 4.69) is 24.2 Å². The molecule has 0 saturated carbocycles. The lowest BCUT2D eigenvalue weighted by Gasteiger charge is -2.38. The van der Waals surface area contributed by atoms with Crippen molar-refractivity contribution < 1.29 is 9.53 Å². The maximum absolute atomic E-state index is 11.9. The van der Waals surface area contributed by atoms with Gasteiger partial charge in [-0.1, -0.05) is 0 Å². The molecule has 1 fully saturated rings. The van der Waals surface area contributed by atoms with E-state index in [1.54, 1.807) is 7.11 Å². The smallest absolute Gasteiger partial charge is 0.236 e. The summed E-state index contributed by atoms with van der Waals surface area (Å²) in [4.78, 5) is 16.1. The average molecular weight is 229 g/mol. The summed E-state index contributed by atoms with van der Waals surface area (Å²) >= 11 is 0. The zero-order valence-electron chi connectivity index (χ0n) is 10.5. The van der Waals surface area contributed by atoms with E-state index in [0.717, 1.165) is 26.2 Å². The molecule has 0 aromatic rings. The fraction of sp³-hybridized carbons (Fsp3) is 0.909. The quantitative estimate of drug-likeness (QED) is 0.639. The molecule has 1 aliphatic heterocycles. The summed E-state index contributed by atoms with van der Waals surface area (Å²) < 4.78 is 4.91. The van der Waals surface area contributed by atoms with Gasteiger partial charge in [-0.15, -0.1) is 0 Å². The first-order chi connectivity index (χ1) is 7.65. The summed E-state index contributed by atoms with van der Waals surface area (Å²) in [6.07, 6.45) is 0. The van der Waals surface area contributed by atoms with E-state index in [1.165, 1.54) is 0 Å². The van der Waals surface area contributed by atoms with Gasteiger partial charge in [-0.2, -0.15) is 0 Å². The molecule has 1 rings (SSSR count). The van der Waals surface area contributed by atoms with Crippen molar-refractivity contribution in [3.05, 3.63) is 0 Å². The third-order valence-corrected chi connectivity index (χ3v) is 2.91. The van der Waals surface area contributed by atoms with Crippen LogP contribution in [-0.4, -0.2) is 75.2 Å². The first-order valence-electron chi connectivity index (χ1n) is 5.83. The largest absolute Gasteiger partial charge is 0.383 e. The molecule has 1 unspecified atom stereocenters. The second kappa shape index (κ2) is 6.83. The third-order valence-electron chi connectivity index (χ3n) is 2.91. The highest BCUT2D eigenvalue weighted by Gasteiger charge is 2.24. The van der Waals surface area contributed by atoms with Crippen molar-refractivity contribution in [2.24, 2.45) is 0 Å². The van der Waals surface area contributed by atoms with E-state index in [4.69, 9.17) is 4.74 Å². The molecule has 0 aliphatic carbocycles. The Morgan fingerprint density at radius 1 is 1.50 bits per heavy atom. The number of piperazine rings is 1. The number of carbonyl (C=O) groups is 1. The van der Waals surface area contributed by atoms with Crippen LogP contribution in [0.1, 0.15) is 6.92 Å². The Bertz CT molecular complexity index is 223. The Morgan fingerprint density at radius 2 is 2.25 bits per heavy atom. The fourth-order valence-electron chi connectivity index (χ4n) is 1.98. The molecule has 1 saturated heterocycles. The zero-order chi connectivity index (χ0) is 12.0. The van der Waals surface area contributed by atoms with Gasteiger partial charge in [-0.3, -0.25) is 4.79 Å². The minimum Gasteiger partial charge on any atom is -0.383 e. The topological polar surface area (TPSA) is 44.8 Å². The lowest BCUT2D eigenvalue weighted by Crippen LogP contribution is -2.54. The Labute approximate surface area is 97.7 Å². The molecule has 1 N–H and O–H groups in total. The predicted molar refractivity (Wildman–Crippen MR) is 63.4 cm³/mol. The number of hydrogen-bond acceptors (Lipinski definition) is 4. The second-order valence-corrected chi connectivity index (χ2v) is 4.37. The highest BCUT2D eigenvalue weighted by molar-refractivity contribution is 5.78. The van der Waals surface area contributed by atoms with Gasteiger partial charge in [0.2, 0.25) is 5.91 Å². The first-order valence-corrected chi connectivity index (χ1v) is 5.83. The number of methoxy groups -OCH3 is 1. The van der Waals surface area contributed by atoms with E-state index in [0.29, 0.717) is 19.2 Å². The number of carbonyl (C=O) groups excluding carboxylic acids is 1. The summed E-state index contributed by atoms with van der Waals surface area (Å²) in [7, 11) is 3.75. The molecule has 0 aromatic carbocycles. The summed E-state index contributed by atoms with van der Waals surface area (Å²) in [6, 6.07) is 0.315. The van der Waals surface area contributed by atoms with Gasteiger partial charge in [0, 0.05) is 39.3 Å². The maximum atomic E-state index is 11.9. The van der Waals surface area contributed by atoms with Crippen LogP contribution in [-0.2, 0) is 9.53 Å². The Balaban J connectivity index is 2.25. The van der Waals surface area contributed by atoms with E-state index in [9.17, 15) is 4.79 Å². The maximum Gasteiger partial charge on any atom is 0.236 e. The Hall–Kier alpha value is -0.650. The lowest BCUT2D eigenvalue weighted by molar-refractivity contribution is -0.134. The minimum atomic E-state index is 0.191. The number of hydrogen-bond donors (Lipinski definition) is 1. The van der Waals surface area contributed by atoms with Crippen LogP contribution in [0.3, 0.4) is 0 Å². The van der Waals surface area contributed by atoms with Crippen molar-refractivity contribution in [3.8, 4) is 0 Å². The Kier molecular flexibility index (Phi) is 5.73. The predicted octanol–water partition coefficient (Wildman–Crippen LogP) is -0.615. The van der Waals surface area contributed by atoms with Gasteiger partial charge in [0.25, 0.3) is 0 Å². The van der Waals surface area contributed by atoms with Gasteiger partial charge in [0.1, 0.15) is 0 Å². The Morgan fingerprint density at radius 3 is 2.88 bits per heavy atom. The van der Waals surface area contributed by atoms with Gasteiger partial charge in [0.15, 0.2) is 0 Å². The molecule has 1 amide bonds. The number of rotatable bonds is 5. The molecular formula is C11H23N3O2. The van der Waals surface area contributed by atoms with Gasteiger partial charge in [-0.25, -0.2) is 0 Å².